The Kier molecular flexibility index (Phi) is 3.46. The average Bonchev–Trinajstić information content (AvgIpc) is 2.85. The monoisotopic (exact) mass is 220 g/mol. The first-order chi connectivity index (χ1) is 7.61. The van der Waals surface area contributed by atoms with Crippen LogP contribution in [-0.4, -0.2) is 13.0 Å². The summed E-state index contributed by atoms with van der Waals surface area (Å²) >= 11 is 0. The van der Waals surface area contributed by atoms with Crippen molar-refractivity contribution in [3.8, 4) is 0 Å². The van der Waals surface area contributed by atoms with Gasteiger partial charge in [-0.15, -0.1) is 0 Å². The highest BCUT2D eigenvalue weighted by atomic mass is 16.1. The summed E-state index contributed by atoms with van der Waals surface area (Å²) in [5.41, 5.74) is 0. The zero-order chi connectivity index (χ0) is 11.6. The molecule has 0 aliphatic heterocycles. The molecule has 0 bridgehead atoms. The lowest BCUT2D eigenvalue weighted by Gasteiger charge is -2.41. The quantitative estimate of drug-likeness (QED) is 0.508. The summed E-state index contributed by atoms with van der Waals surface area (Å²) in [7, 11) is 0. The van der Waals surface area contributed by atoms with Gasteiger partial charge in [-0.2, -0.15) is 0 Å². The van der Waals surface area contributed by atoms with Crippen LogP contribution in [0.15, 0.2) is 0 Å². The predicted octanol–water partition coefficient (Wildman–Crippen LogP) is 4.35. The van der Waals surface area contributed by atoms with Crippen LogP contribution in [0.2, 0.25) is 16.9 Å². The van der Waals surface area contributed by atoms with E-state index in [1.54, 1.807) is 0 Å². The van der Waals surface area contributed by atoms with Crippen molar-refractivity contribution in [3.05, 3.63) is 0 Å². The molecular formula is C14H25BO. The molecule has 0 radical (unpaired) electrons. The number of hydrogen-bond acceptors (Lipinski definition) is 1. The van der Waals surface area contributed by atoms with Gasteiger partial charge in [-0.3, -0.25) is 0 Å². The van der Waals surface area contributed by atoms with Crippen molar-refractivity contribution in [3.63, 3.8) is 0 Å². The van der Waals surface area contributed by atoms with Crippen LogP contribution in [0.3, 0.4) is 0 Å². The topological polar surface area (TPSA) is 17.1 Å². The second-order valence-electron chi connectivity index (χ2n) is 6.68. The van der Waals surface area contributed by atoms with Gasteiger partial charge in [0.2, 0.25) is 0 Å². The first-order valence-corrected chi connectivity index (χ1v) is 7.04. The van der Waals surface area contributed by atoms with Crippen LogP contribution in [0.25, 0.3) is 0 Å². The van der Waals surface area contributed by atoms with E-state index in [4.69, 9.17) is 0 Å². The van der Waals surface area contributed by atoms with E-state index in [0.717, 1.165) is 6.32 Å². The van der Waals surface area contributed by atoms with Crippen molar-refractivity contribution < 1.29 is 4.79 Å². The van der Waals surface area contributed by atoms with Crippen LogP contribution in [0, 0.1) is 0 Å². The van der Waals surface area contributed by atoms with E-state index in [9.17, 15) is 4.79 Å². The van der Waals surface area contributed by atoms with E-state index in [2.05, 4.69) is 13.8 Å². The molecule has 0 aromatic carbocycles. The molecule has 0 aromatic heterocycles. The lowest BCUT2D eigenvalue weighted by molar-refractivity contribution is -0.106. The number of rotatable bonds is 4. The smallest absolute Gasteiger partial charge is 0.160 e. The van der Waals surface area contributed by atoms with Gasteiger partial charge in [0, 0.05) is 0 Å². The highest BCUT2D eigenvalue weighted by molar-refractivity contribution is 6.68. The lowest BCUT2D eigenvalue weighted by Crippen LogP contribution is -2.38. The molecule has 0 saturated heterocycles. The molecule has 0 N–H and O–H groups in total. The van der Waals surface area contributed by atoms with E-state index in [0.29, 0.717) is 17.3 Å². The average molecular weight is 220 g/mol. The van der Waals surface area contributed by atoms with Crippen LogP contribution < -0.4 is 0 Å². The Morgan fingerprint density at radius 3 is 1.62 bits per heavy atom. The van der Waals surface area contributed by atoms with E-state index in [1.165, 1.54) is 57.7 Å². The molecule has 2 heteroatoms. The summed E-state index contributed by atoms with van der Waals surface area (Å²) < 4.78 is 0. The van der Waals surface area contributed by atoms with Gasteiger partial charge < -0.3 is 4.79 Å². The highest BCUT2D eigenvalue weighted by Crippen LogP contribution is 2.59. The van der Waals surface area contributed by atoms with Gasteiger partial charge in [-0.05, 0) is 6.32 Å². The molecule has 0 spiro atoms. The summed E-state index contributed by atoms with van der Waals surface area (Å²) in [6.07, 6.45) is 12.9. The molecule has 2 rings (SSSR count). The van der Waals surface area contributed by atoms with Crippen LogP contribution in [0.4, 0.5) is 0 Å². The second kappa shape index (κ2) is 4.54. The molecule has 16 heavy (non-hydrogen) atoms. The summed E-state index contributed by atoms with van der Waals surface area (Å²) in [4.78, 5) is 11.0. The zero-order valence-corrected chi connectivity index (χ0v) is 10.9. The largest absolute Gasteiger partial charge is 0.304 e. The fraction of sp³-hybridized carbons (Fsp3) is 0.929. The summed E-state index contributed by atoms with van der Waals surface area (Å²) in [6.45, 7) is 5.53. The first kappa shape index (κ1) is 12.2. The predicted molar refractivity (Wildman–Crippen MR) is 70.3 cm³/mol. The van der Waals surface area contributed by atoms with E-state index in [1.807, 2.05) is 0 Å². The minimum atomic E-state index is 0.458. The Hall–Kier alpha value is -0.265. The van der Waals surface area contributed by atoms with Crippen molar-refractivity contribution >= 4 is 13.0 Å². The molecule has 0 unspecified atom stereocenters. The Balaban J connectivity index is 2.18. The third kappa shape index (κ3) is 2.08. The Labute approximate surface area is 100 Å². The lowest BCUT2D eigenvalue weighted by atomic mass is 9.20. The first-order valence-electron chi connectivity index (χ1n) is 7.04. The molecule has 2 fully saturated rings. The number of hydrogen-bond donors (Lipinski definition) is 0. The maximum atomic E-state index is 11.0. The minimum absolute atomic E-state index is 0.458. The van der Waals surface area contributed by atoms with Gasteiger partial charge in [-0.25, -0.2) is 0 Å². The fourth-order valence-electron chi connectivity index (χ4n) is 4.57. The summed E-state index contributed by atoms with van der Waals surface area (Å²) in [6, 6.07) is 0. The Morgan fingerprint density at radius 2 is 1.31 bits per heavy atom. The molecule has 2 aliphatic rings. The molecule has 2 aliphatic carbocycles. The zero-order valence-electron chi connectivity index (χ0n) is 10.9. The summed E-state index contributed by atoms with van der Waals surface area (Å²) in [5, 5.41) is 0.917. The molecule has 1 nitrogen and oxygen atoms in total. The van der Waals surface area contributed by atoms with Crippen molar-refractivity contribution in [2.75, 3.05) is 0 Å². The second-order valence-corrected chi connectivity index (χ2v) is 6.68. The molecule has 0 amide bonds. The maximum absolute atomic E-state index is 11.0. The van der Waals surface area contributed by atoms with Crippen molar-refractivity contribution in [2.45, 2.75) is 82.2 Å². The third-order valence-electron chi connectivity index (χ3n) is 5.51. The van der Waals surface area contributed by atoms with Gasteiger partial charge in [0.05, 0.1) is 0 Å². The molecule has 0 aromatic rings. The van der Waals surface area contributed by atoms with Crippen LogP contribution in [0.5, 0.6) is 0 Å². The third-order valence-corrected chi connectivity index (χ3v) is 5.51. The van der Waals surface area contributed by atoms with Gasteiger partial charge in [0.1, 0.15) is 6.29 Å². The van der Waals surface area contributed by atoms with Gasteiger partial charge in [0.15, 0.2) is 6.71 Å². The van der Waals surface area contributed by atoms with Crippen molar-refractivity contribution in [1.82, 2.24) is 0 Å². The van der Waals surface area contributed by atoms with Gasteiger partial charge in [-0.1, -0.05) is 75.8 Å². The van der Waals surface area contributed by atoms with E-state index >= 15 is 0 Å². The Bertz CT molecular complexity index is 227. The van der Waals surface area contributed by atoms with Crippen LogP contribution in [0.1, 0.15) is 65.2 Å². The molecule has 0 atom stereocenters. The molecule has 2 saturated carbocycles. The van der Waals surface area contributed by atoms with Gasteiger partial charge >= 0.3 is 0 Å². The normalized spacial score (nSPS) is 26.9. The van der Waals surface area contributed by atoms with Gasteiger partial charge in [0.25, 0.3) is 0 Å². The fourth-order valence-corrected chi connectivity index (χ4v) is 4.57. The molecular weight excluding hydrogens is 195 g/mol. The number of carbonyl (C=O) groups excluding carboxylic acids is 1. The van der Waals surface area contributed by atoms with Crippen LogP contribution >= 0.6 is 0 Å². The highest BCUT2D eigenvalue weighted by Gasteiger charge is 2.49. The minimum Gasteiger partial charge on any atom is -0.304 e. The van der Waals surface area contributed by atoms with Crippen molar-refractivity contribution in [2.24, 2.45) is 0 Å². The van der Waals surface area contributed by atoms with E-state index < -0.39 is 0 Å². The Morgan fingerprint density at radius 1 is 0.938 bits per heavy atom. The number of carbonyl (C=O) groups is 1. The SMILES string of the molecule is CC1(B(CC=O)C2(C)CCCC2)CCCC1. The maximum Gasteiger partial charge on any atom is 0.160 e. The summed E-state index contributed by atoms with van der Waals surface area (Å²) in [5.74, 6) is 0. The van der Waals surface area contributed by atoms with Crippen molar-refractivity contribution in [1.29, 1.82) is 0 Å². The van der Waals surface area contributed by atoms with Crippen LogP contribution in [-0.2, 0) is 4.79 Å². The molecule has 90 valence electrons. The van der Waals surface area contributed by atoms with E-state index in [-0.39, 0.29) is 0 Å². The molecule has 0 heterocycles. The number of aldehydes is 1. The standard InChI is InChI=1S/C14H25BO/c1-13(7-3-4-8-13)15(11-12-16)14(2)9-5-6-10-14/h12H,3-11H2,1-2H3.